The third-order valence-corrected chi connectivity index (χ3v) is 10.8. The average molecular weight is 425 g/mol. The maximum absolute atomic E-state index is 11.9. The zero-order valence-corrected chi connectivity index (χ0v) is 20.6. The first-order valence-corrected chi connectivity index (χ1v) is 13.4. The number of hydrogen-bond acceptors (Lipinski definition) is 2. The van der Waals surface area contributed by atoms with Crippen LogP contribution in [0.3, 0.4) is 0 Å². The van der Waals surface area contributed by atoms with E-state index in [9.17, 15) is 4.79 Å². The highest BCUT2D eigenvalue weighted by Gasteiger charge is 2.60. The van der Waals surface area contributed by atoms with Gasteiger partial charge in [0.25, 0.3) is 0 Å². The second-order valence-electron chi connectivity index (χ2n) is 12.8. The summed E-state index contributed by atoms with van der Waals surface area (Å²) in [4.78, 5) is 11.9. The van der Waals surface area contributed by atoms with E-state index in [-0.39, 0.29) is 17.5 Å². The fourth-order valence-electron chi connectivity index (χ4n) is 9.22. The lowest BCUT2D eigenvalue weighted by Gasteiger charge is -2.59. The number of carbonyl (C=O) groups is 1. The van der Waals surface area contributed by atoms with Crippen LogP contribution >= 0.6 is 0 Å². The zero-order chi connectivity index (χ0) is 22.0. The summed E-state index contributed by atoms with van der Waals surface area (Å²) in [5.41, 5.74) is 3.55. The molecule has 4 aliphatic carbocycles. The Morgan fingerprint density at radius 1 is 1.03 bits per heavy atom. The van der Waals surface area contributed by atoms with E-state index in [0.717, 1.165) is 47.5 Å². The molecule has 5 aliphatic rings. The molecule has 2 nitrogen and oxygen atoms in total. The first kappa shape index (κ1) is 21.8. The lowest BCUT2D eigenvalue weighted by atomic mass is 9.46. The van der Waals surface area contributed by atoms with Crippen LogP contribution in [-0.4, -0.2) is 12.1 Å². The van der Waals surface area contributed by atoms with Gasteiger partial charge in [-0.2, -0.15) is 0 Å². The standard InChI is InChI=1S/C29H44O2/c1-18(2)7-6-8-19(3)23-11-12-24-22-10-9-21-15-20-16-27(30)31-26(20)17-29(21,5)25(22)13-14-28(23,24)4/h15-16,18-19,22-26H,6-14,17H2,1-5H3/t19-,22+,23-,24+,25+,26?,28-,29+/m1/s1. The highest BCUT2D eigenvalue weighted by Crippen LogP contribution is 2.68. The molecule has 1 heterocycles. The molecule has 0 aromatic rings. The first-order chi connectivity index (χ1) is 14.7. The molecule has 8 atom stereocenters. The minimum absolute atomic E-state index is 0.0191. The van der Waals surface area contributed by atoms with Gasteiger partial charge in [0.1, 0.15) is 6.10 Å². The van der Waals surface area contributed by atoms with Crippen molar-refractivity contribution < 1.29 is 9.53 Å². The molecule has 0 aromatic heterocycles. The minimum Gasteiger partial charge on any atom is -0.454 e. The van der Waals surface area contributed by atoms with Gasteiger partial charge < -0.3 is 4.74 Å². The normalized spacial score (nSPS) is 44.6. The van der Waals surface area contributed by atoms with E-state index in [4.69, 9.17) is 4.74 Å². The molecule has 0 amide bonds. The summed E-state index contributed by atoms with van der Waals surface area (Å²) in [6, 6.07) is 0. The van der Waals surface area contributed by atoms with Crippen molar-refractivity contribution in [3.63, 3.8) is 0 Å². The molecule has 0 aromatic carbocycles. The van der Waals surface area contributed by atoms with Gasteiger partial charge in [-0.3, -0.25) is 0 Å². The van der Waals surface area contributed by atoms with Crippen LogP contribution < -0.4 is 0 Å². The van der Waals surface area contributed by atoms with Crippen molar-refractivity contribution in [2.45, 2.75) is 105 Å². The van der Waals surface area contributed by atoms with Crippen molar-refractivity contribution >= 4 is 5.97 Å². The van der Waals surface area contributed by atoms with E-state index in [0.29, 0.717) is 5.41 Å². The Morgan fingerprint density at radius 2 is 1.84 bits per heavy atom. The molecular weight excluding hydrogens is 380 g/mol. The van der Waals surface area contributed by atoms with Gasteiger partial charge in [0.15, 0.2) is 0 Å². The van der Waals surface area contributed by atoms with Crippen LogP contribution in [0.5, 0.6) is 0 Å². The Labute approximate surface area is 190 Å². The monoisotopic (exact) mass is 424 g/mol. The first-order valence-electron chi connectivity index (χ1n) is 13.4. The number of hydrogen-bond donors (Lipinski definition) is 0. The van der Waals surface area contributed by atoms with Crippen LogP contribution in [0.1, 0.15) is 98.8 Å². The maximum Gasteiger partial charge on any atom is 0.331 e. The Bertz CT molecular complexity index is 791. The number of carbonyl (C=O) groups excluding carboxylic acids is 1. The SMILES string of the molecule is CC(C)CCC[C@@H](C)[C@H]1CC[C@H]2[C@@H]3CCC4=CC5=CC(=O)OC5C[C@]4(C)[C@H]3CC[C@]12C. The summed E-state index contributed by atoms with van der Waals surface area (Å²) >= 11 is 0. The molecule has 0 spiro atoms. The number of allylic oxidation sites excluding steroid dienone is 1. The van der Waals surface area contributed by atoms with Crippen molar-refractivity contribution in [3.8, 4) is 0 Å². The van der Waals surface area contributed by atoms with Crippen molar-refractivity contribution in [2.24, 2.45) is 46.3 Å². The summed E-state index contributed by atoms with van der Waals surface area (Å²) in [5, 5.41) is 0. The Kier molecular flexibility index (Phi) is 5.46. The van der Waals surface area contributed by atoms with Gasteiger partial charge in [0, 0.05) is 6.08 Å². The second-order valence-corrected chi connectivity index (χ2v) is 12.8. The average Bonchev–Trinajstić information content (AvgIpc) is 3.23. The quantitative estimate of drug-likeness (QED) is 0.427. The van der Waals surface area contributed by atoms with Gasteiger partial charge in [-0.25, -0.2) is 4.79 Å². The van der Waals surface area contributed by atoms with Gasteiger partial charge in [-0.05, 0) is 96.9 Å². The largest absolute Gasteiger partial charge is 0.454 e. The lowest BCUT2D eigenvalue weighted by molar-refractivity contribution is -0.141. The maximum atomic E-state index is 11.9. The van der Waals surface area contributed by atoms with E-state index < -0.39 is 0 Å². The summed E-state index contributed by atoms with van der Waals surface area (Å²) in [7, 11) is 0. The van der Waals surface area contributed by atoms with Crippen LogP contribution in [0.15, 0.2) is 23.3 Å². The minimum atomic E-state index is -0.128. The third-order valence-electron chi connectivity index (χ3n) is 10.8. The van der Waals surface area contributed by atoms with E-state index in [1.165, 1.54) is 57.8 Å². The van der Waals surface area contributed by atoms with E-state index in [1.807, 2.05) is 0 Å². The highest BCUT2D eigenvalue weighted by molar-refractivity contribution is 5.87. The molecule has 3 fully saturated rings. The second kappa shape index (κ2) is 7.77. The van der Waals surface area contributed by atoms with Gasteiger partial charge in [0.05, 0.1) is 0 Å². The van der Waals surface area contributed by atoms with Crippen LogP contribution in [0.25, 0.3) is 0 Å². The predicted molar refractivity (Wildman–Crippen MR) is 126 cm³/mol. The van der Waals surface area contributed by atoms with Gasteiger partial charge >= 0.3 is 5.97 Å². The smallest absolute Gasteiger partial charge is 0.331 e. The zero-order valence-electron chi connectivity index (χ0n) is 20.6. The molecule has 0 saturated heterocycles. The number of ether oxygens (including phenoxy) is 1. The molecule has 2 heteroatoms. The van der Waals surface area contributed by atoms with E-state index in [2.05, 4.69) is 40.7 Å². The van der Waals surface area contributed by atoms with Crippen molar-refractivity contribution in [1.82, 2.24) is 0 Å². The summed E-state index contributed by atoms with van der Waals surface area (Å²) in [5.74, 6) is 5.07. The van der Waals surface area contributed by atoms with Crippen LogP contribution in [-0.2, 0) is 9.53 Å². The highest BCUT2D eigenvalue weighted by atomic mass is 16.5. The summed E-state index contributed by atoms with van der Waals surface area (Å²) in [6.45, 7) is 12.5. The van der Waals surface area contributed by atoms with Crippen molar-refractivity contribution in [1.29, 1.82) is 0 Å². The Morgan fingerprint density at radius 3 is 2.61 bits per heavy atom. The van der Waals surface area contributed by atoms with Crippen molar-refractivity contribution in [3.05, 3.63) is 23.3 Å². The fraction of sp³-hybridized carbons (Fsp3) is 0.828. The number of rotatable bonds is 5. The molecule has 0 bridgehead atoms. The molecule has 5 rings (SSSR count). The molecular formula is C29H44O2. The van der Waals surface area contributed by atoms with E-state index in [1.54, 1.807) is 11.6 Å². The molecule has 172 valence electrons. The van der Waals surface area contributed by atoms with E-state index >= 15 is 0 Å². The van der Waals surface area contributed by atoms with Crippen LogP contribution in [0.2, 0.25) is 0 Å². The third kappa shape index (κ3) is 3.46. The number of fused-ring (bicyclic) bond motifs is 6. The molecule has 0 N–H and O–H groups in total. The fourth-order valence-corrected chi connectivity index (χ4v) is 9.22. The van der Waals surface area contributed by atoms with Gasteiger partial charge in [-0.15, -0.1) is 0 Å². The summed E-state index contributed by atoms with van der Waals surface area (Å²) < 4.78 is 5.69. The van der Waals surface area contributed by atoms with Gasteiger partial charge in [-0.1, -0.05) is 65.5 Å². The number of esters is 1. The lowest BCUT2D eigenvalue weighted by Crippen LogP contribution is -2.51. The summed E-state index contributed by atoms with van der Waals surface area (Å²) in [6.07, 6.45) is 17.7. The molecule has 1 unspecified atom stereocenters. The van der Waals surface area contributed by atoms with Crippen LogP contribution in [0, 0.1) is 46.3 Å². The van der Waals surface area contributed by atoms with Gasteiger partial charge in [0.2, 0.25) is 0 Å². The molecule has 0 radical (unpaired) electrons. The Hall–Kier alpha value is -1.05. The molecule has 31 heavy (non-hydrogen) atoms. The van der Waals surface area contributed by atoms with Crippen molar-refractivity contribution in [2.75, 3.05) is 0 Å². The predicted octanol–water partition coefficient (Wildman–Crippen LogP) is 7.49. The van der Waals surface area contributed by atoms with Crippen LogP contribution in [0.4, 0.5) is 0 Å². The Balaban J connectivity index is 1.33. The topological polar surface area (TPSA) is 26.3 Å². The molecule has 1 aliphatic heterocycles. The molecule has 3 saturated carbocycles.